The van der Waals surface area contributed by atoms with Gasteiger partial charge in [-0.3, -0.25) is 15.0 Å². The SMILES string of the molecule is C1=NCNC=C1c1cc(-c2cc(-c3cncnc3)c(-c3ccccn3)c(-c3cncnc3)c2)cc(-c2cncnc2)c1-c1ccccn1. The molecule has 7 aromatic rings. The first-order chi connectivity index (χ1) is 23.8. The summed E-state index contributed by atoms with van der Waals surface area (Å²) < 4.78 is 0. The molecule has 0 unspecified atom stereocenters. The molecule has 0 spiro atoms. The molecular formula is C38H26N10. The van der Waals surface area contributed by atoms with Crippen molar-refractivity contribution in [2.75, 3.05) is 6.67 Å². The van der Waals surface area contributed by atoms with Crippen molar-refractivity contribution >= 4 is 11.8 Å². The van der Waals surface area contributed by atoms with E-state index in [4.69, 9.17) is 9.97 Å². The third-order valence-electron chi connectivity index (χ3n) is 8.05. The molecule has 8 rings (SSSR count). The third-order valence-corrected chi connectivity index (χ3v) is 8.05. The van der Waals surface area contributed by atoms with Crippen molar-refractivity contribution in [2.24, 2.45) is 4.99 Å². The van der Waals surface area contributed by atoms with E-state index in [0.29, 0.717) is 6.67 Å². The molecular weight excluding hydrogens is 596 g/mol. The number of aliphatic imine (C=N–C) groups is 1. The minimum Gasteiger partial charge on any atom is -0.372 e. The smallest absolute Gasteiger partial charge is 0.115 e. The largest absolute Gasteiger partial charge is 0.372 e. The molecule has 5 aromatic heterocycles. The number of aromatic nitrogens is 8. The molecule has 1 aliphatic heterocycles. The Morgan fingerprint density at radius 1 is 0.479 bits per heavy atom. The number of allylic oxidation sites excluding steroid dienone is 1. The lowest BCUT2D eigenvalue weighted by Crippen LogP contribution is -2.12. The monoisotopic (exact) mass is 622 g/mol. The predicted octanol–water partition coefficient (Wildman–Crippen LogP) is 6.82. The summed E-state index contributed by atoms with van der Waals surface area (Å²) in [6.45, 7) is 0.515. The maximum Gasteiger partial charge on any atom is 0.115 e. The van der Waals surface area contributed by atoms with E-state index in [-0.39, 0.29) is 0 Å². The van der Waals surface area contributed by atoms with Crippen LogP contribution in [0.1, 0.15) is 5.56 Å². The summed E-state index contributed by atoms with van der Waals surface area (Å²) >= 11 is 0. The van der Waals surface area contributed by atoms with Crippen molar-refractivity contribution in [3.05, 3.63) is 141 Å². The predicted molar refractivity (Wildman–Crippen MR) is 186 cm³/mol. The highest BCUT2D eigenvalue weighted by atomic mass is 15.0. The number of benzene rings is 2. The van der Waals surface area contributed by atoms with Gasteiger partial charge in [0, 0.05) is 95.4 Å². The van der Waals surface area contributed by atoms with Crippen LogP contribution in [0.3, 0.4) is 0 Å². The van der Waals surface area contributed by atoms with Gasteiger partial charge in [0.2, 0.25) is 0 Å². The molecule has 0 atom stereocenters. The van der Waals surface area contributed by atoms with Crippen molar-refractivity contribution in [1.82, 2.24) is 45.2 Å². The molecule has 1 N–H and O–H groups in total. The first kappa shape index (κ1) is 28.6. The maximum absolute atomic E-state index is 4.78. The summed E-state index contributed by atoms with van der Waals surface area (Å²) in [6, 6.07) is 20.5. The van der Waals surface area contributed by atoms with Gasteiger partial charge in [-0.25, -0.2) is 29.9 Å². The quantitative estimate of drug-likeness (QED) is 0.204. The van der Waals surface area contributed by atoms with Crippen molar-refractivity contribution in [2.45, 2.75) is 0 Å². The van der Waals surface area contributed by atoms with Crippen molar-refractivity contribution in [1.29, 1.82) is 0 Å². The standard InChI is InChI=1S/C38H26N10/c1-3-7-47-35(5-1)37-31(27-13-39-21-40-14-27)9-25(10-32(37)28-15-41-22-42-16-28)26-11-33(29-17-43-23-44-18-29)38(36-6-2-4-8-48-36)34(12-26)30-19-45-24-46-20-30/h1-23,45H,24H2. The highest BCUT2D eigenvalue weighted by molar-refractivity contribution is 6.14. The van der Waals surface area contributed by atoms with Gasteiger partial charge in [-0.1, -0.05) is 12.1 Å². The average molecular weight is 623 g/mol. The molecule has 0 bridgehead atoms. The summed E-state index contributed by atoms with van der Waals surface area (Å²) in [5.41, 5.74) is 12.7. The Balaban J connectivity index is 1.47. The lowest BCUT2D eigenvalue weighted by atomic mass is 9.84. The molecule has 0 aliphatic carbocycles. The second-order valence-corrected chi connectivity index (χ2v) is 11.0. The minimum atomic E-state index is 0.515. The summed E-state index contributed by atoms with van der Waals surface area (Å²) in [7, 11) is 0. The summed E-state index contributed by atoms with van der Waals surface area (Å²) in [6.07, 6.45) is 23.0. The van der Waals surface area contributed by atoms with Crippen LogP contribution in [0.15, 0.2) is 140 Å². The highest BCUT2D eigenvalue weighted by Gasteiger charge is 2.22. The van der Waals surface area contributed by atoms with E-state index in [9.17, 15) is 0 Å². The third kappa shape index (κ3) is 5.58. The molecule has 10 heteroatoms. The summed E-state index contributed by atoms with van der Waals surface area (Å²) in [4.78, 5) is 40.3. The zero-order valence-electron chi connectivity index (χ0n) is 25.5. The van der Waals surface area contributed by atoms with Gasteiger partial charge in [-0.05, 0) is 81.9 Å². The molecule has 0 amide bonds. The van der Waals surface area contributed by atoms with Gasteiger partial charge in [-0.15, -0.1) is 0 Å². The molecule has 48 heavy (non-hydrogen) atoms. The Hall–Kier alpha value is -6.81. The van der Waals surface area contributed by atoms with Crippen molar-refractivity contribution < 1.29 is 0 Å². The van der Waals surface area contributed by atoms with Crippen LogP contribution in [0.4, 0.5) is 0 Å². The Labute approximate surface area is 276 Å². The molecule has 1 aliphatic rings. The lowest BCUT2D eigenvalue weighted by Gasteiger charge is -2.21. The molecule has 2 aromatic carbocycles. The number of hydrogen-bond acceptors (Lipinski definition) is 10. The fraction of sp³-hybridized carbons (Fsp3) is 0.0263. The van der Waals surface area contributed by atoms with Crippen LogP contribution in [0.25, 0.3) is 72.6 Å². The van der Waals surface area contributed by atoms with Crippen LogP contribution >= 0.6 is 0 Å². The molecule has 0 fully saturated rings. The van der Waals surface area contributed by atoms with Crippen LogP contribution in [-0.2, 0) is 0 Å². The number of nitrogens with one attached hydrogen (secondary N) is 1. The van der Waals surface area contributed by atoms with Crippen LogP contribution in [0.2, 0.25) is 0 Å². The molecule has 6 heterocycles. The Kier molecular flexibility index (Phi) is 7.70. The van der Waals surface area contributed by atoms with Gasteiger partial charge < -0.3 is 5.32 Å². The van der Waals surface area contributed by atoms with E-state index in [2.05, 4.69) is 64.5 Å². The number of hydrogen-bond donors (Lipinski definition) is 1. The summed E-state index contributed by atoms with van der Waals surface area (Å²) in [5.74, 6) is 0. The first-order valence-electron chi connectivity index (χ1n) is 15.2. The van der Waals surface area contributed by atoms with Crippen LogP contribution in [-0.4, -0.2) is 52.8 Å². The topological polar surface area (TPSA) is 128 Å². The van der Waals surface area contributed by atoms with Crippen molar-refractivity contribution in [3.8, 4) is 67.0 Å². The van der Waals surface area contributed by atoms with Gasteiger partial charge in [0.1, 0.15) is 25.7 Å². The zero-order valence-corrected chi connectivity index (χ0v) is 25.5. The van der Waals surface area contributed by atoms with E-state index < -0.39 is 0 Å². The molecule has 0 radical (unpaired) electrons. The number of nitrogens with zero attached hydrogens (tertiary/aromatic N) is 9. The zero-order chi connectivity index (χ0) is 32.1. The molecule has 0 saturated carbocycles. The fourth-order valence-electron chi connectivity index (χ4n) is 5.95. The maximum atomic E-state index is 4.78. The first-order valence-corrected chi connectivity index (χ1v) is 15.2. The molecule has 0 saturated heterocycles. The van der Waals surface area contributed by atoms with Gasteiger partial charge in [-0.2, -0.15) is 0 Å². The van der Waals surface area contributed by atoms with Crippen LogP contribution in [0.5, 0.6) is 0 Å². The van der Waals surface area contributed by atoms with Gasteiger partial charge >= 0.3 is 0 Å². The second kappa shape index (κ2) is 12.9. The average Bonchev–Trinajstić information content (AvgIpc) is 3.19. The Morgan fingerprint density at radius 2 is 0.917 bits per heavy atom. The van der Waals surface area contributed by atoms with E-state index in [0.717, 1.165) is 78.2 Å². The van der Waals surface area contributed by atoms with E-state index in [1.165, 1.54) is 19.0 Å². The number of rotatable bonds is 7. The minimum absolute atomic E-state index is 0.515. The normalized spacial score (nSPS) is 12.3. The van der Waals surface area contributed by atoms with E-state index in [1.807, 2.05) is 86.0 Å². The van der Waals surface area contributed by atoms with Crippen LogP contribution < -0.4 is 5.32 Å². The van der Waals surface area contributed by atoms with Crippen LogP contribution in [0, 0.1) is 0 Å². The van der Waals surface area contributed by atoms with Crippen molar-refractivity contribution in [3.63, 3.8) is 0 Å². The molecule has 228 valence electrons. The summed E-state index contributed by atoms with van der Waals surface area (Å²) in [5, 5.41) is 3.28. The van der Waals surface area contributed by atoms with Gasteiger partial charge in [0.15, 0.2) is 0 Å². The fourth-order valence-corrected chi connectivity index (χ4v) is 5.95. The van der Waals surface area contributed by atoms with E-state index >= 15 is 0 Å². The Bertz CT molecular complexity index is 2200. The van der Waals surface area contributed by atoms with E-state index in [1.54, 1.807) is 12.4 Å². The van der Waals surface area contributed by atoms with Gasteiger partial charge in [0.05, 0.1) is 11.4 Å². The second-order valence-electron chi connectivity index (χ2n) is 11.0. The highest BCUT2D eigenvalue weighted by Crippen LogP contribution is 2.45. The molecule has 10 nitrogen and oxygen atoms in total. The van der Waals surface area contributed by atoms with Gasteiger partial charge in [0.25, 0.3) is 0 Å². The Morgan fingerprint density at radius 3 is 1.31 bits per heavy atom. The lowest BCUT2D eigenvalue weighted by molar-refractivity contribution is 0.883. The number of pyridine rings is 2.